The number of aromatic nitrogens is 1. The van der Waals surface area contributed by atoms with Crippen LogP contribution in [-0.4, -0.2) is 24.4 Å². The van der Waals surface area contributed by atoms with Crippen molar-refractivity contribution in [2.45, 2.75) is 38.2 Å². The molecule has 1 aliphatic rings. The zero-order chi connectivity index (χ0) is 22.6. The Morgan fingerprint density at radius 2 is 1.79 bits per heavy atom. The molecule has 5 rings (SSSR count). The second kappa shape index (κ2) is 9.77. The summed E-state index contributed by atoms with van der Waals surface area (Å²) in [6.45, 7) is 1.82. The number of fused-ring (bicyclic) bond motifs is 1. The molecule has 4 aromatic rings. The predicted molar refractivity (Wildman–Crippen MR) is 127 cm³/mol. The minimum Gasteiger partial charge on any atom is -0.497 e. The Morgan fingerprint density at radius 3 is 2.58 bits per heavy atom. The van der Waals surface area contributed by atoms with Gasteiger partial charge in [0.25, 0.3) is 0 Å². The maximum absolute atomic E-state index is 15.0. The molecule has 0 amide bonds. The summed E-state index contributed by atoms with van der Waals surface area (Å²) in [5.41, 5.74) is 4.04. The van der Waals surface area contributed by atoms with Crippen molar-refractivity contribution in [1.82, 2.24) is 4.57 Å². The third-order valence-electron chi connectivity index (χ3n) is 6.31. The minimum absolute atomic E-state index is 0.0794. The van der Waals surface area contributed by atoms with Crippen LogP contribution in [0.25, 0.3) is 10.9 Å². The Hall–Kier alpha value is -3.15. The van der Waals surface area contributed by atoms with Crippen LogP contribution >= 0.6 is 0 Å². The van der Waals surface area contributed by atoms with E-state index < -0.39 is 0 Å². The number of nitrogens with zero attached hydrogens (tertiary/aromatic N) is 1. The molecule has 1 aromatic heterocycles. The van der Waals surface area contributed by atoms with Gasteiger partial charge < -0.3 is 18.8 Å². The van der Waals surface area contributed by atoms with Crippen molar-refractivity contribution in [3.05, 3.63) is 102 Å². The van der Waals surface area contributed by atoms with Crippen LogP contribution in [0.15, 0.2) is 79.0 Å². The second-order valence-corrected chi connectivity index (χ2v) is 8.50. The molecule has 4 nitrogen and oxygen atoms in total. The quantitative estimate of drug-likeness (QED) is 0.336. The molecule has 0 radical (unpaired) electrons. The minimum atomic E-state index is -0.216. The third kappa shape index (κ3) is 4.80. The Kier molecular flexibility index (Phi) is 6.42. The highest BCUT2D eigenvalue weighted by Crippen LogP contribution is 2.37. The van der Waals surface area contributed by atoms with E-state index in [1.54, 1.807) is 13.2 Å². The molecule has 2 unspecified atom stereocenters. The molecule has 3 aromatic carbocycles. The topological polar surface area (TPSA) is 32.6 Å². The van der Waals surface area contributed by atoms with E-state index in [4.69, 9.17) is 14.2 Å². The van der Waals surface area contributed by atoms with Crippen molar-refractivity contribution >= 4 is 10.9 Å². The fraction of sp³-hybridized carbons (Fsp3) is 0.286. The molecule has 2 heterocycles. The van der Waals surface area contributed by atoms with Gasteiger partial charge in [0, 0.05) is 36.7 Å². The van der Waals surface area contributed by atoms with Gasteiger partial charge >= 0.3 is 0 Å². The number of ether oxygens (including phenoxy) is 3. The predicted octanol–water partition coefficient (Wildman–Crippen LogP) is 6.27. The first-order chi connectivity index (χ1) is 16.2. The highest BCUT2D eigenvalue weighted by Gasteiger charge is 2.28. The number of methoxy groups -OCH3 is 1. The van der Waals surface area contributed by atoms with Gasteiger partial charge in [0.15, 0.2) is 0 Å². The summed E-state index contributed by atoms with van der Waals surface area (Å²) in [7, 11) is 1.66. The van der Waals surface area contributed by atoms with Crippen molar-refractivity contribution in [3.8, 4) is 5.75 Å². The van der Waals surface area contributed by atoms with Gasteiger partial charge in [-0.2, -0.15) is 0 Å². The number of hydrogen-bond acceptors (Lipinski definition) is 3. The lowest BCUT2D eigenvalue weighted by molar-refractivity contribution is -0.0788. The van der Waals surface area contributed by atoms with Crippen LogP contribution in [0.5, 0.6) is 5.75 Å². The highest BCUT2D eigenvalue weighted by atomic mass is 19.1. The lowest BCUT2D eigenvalue weighted by atomic mass is 9.98. The first-order valence-corrected chi connectivity index (χ1v) is 11.4. The van der Waals surface area contributed by atoms with E-state index in [9.17, 15) is 0 Å². The van der Waals surface area contributed by atoms with E-state index in [0.717, 1.165) is 34.4 Å². The van der Waals surface area contributed by atoms with Crippen LogP contribution in [0.4, 0.5) is 4.39 Å². The largest absolute Gasteiger partial charge is 0.497 e. The smallest absolute Gasteiger partial charge is 0.132 e. The summed E-state index contributed by atoms with van der Waals surface area (Å²) in [6.07, 6.45) is 3.48. The molecule has 1 aliphatic heterocycles. The SMILES string of the molecule is COc1ccc(Cn2cc(C3CC(OCc4ccccc4)CCO3)c3c(F)cccc32)cc1. The van der Waals surface area contributed by atoms with Gasteiger partial charge in [-0.3, -0.25) is 0 Å². The van der Waals surface area contributed by atoms with Crippen LogP contribution < -0.4 is 4.74 Å². The molecule has 0 saturated carbocycles. The summed E-state index contributed by atoms with van der Waals surface area (Å²) in [6, 6.07) is 23.4. The lowest BCUT2D eigenvalue weighted by Gasteiger charge is -2.29. The molecular formula is C28H28FNO3. The molecule has 0 N–H and O–H groups in total. The molecule has 33 heavy (non-hydrogen) atoms. The van der Waals surface area contributed by atoms with E-state index in [2.05, 4.69) is 16.7 Å². The van der Waals surface area contributed by atoms with Gasteiger partial charge in [-0.1, -0.05) is 48.5 Å². The Morgan fingerprint density at radius 1 is 0.970 bits per heavy atom. The summed E-state index contributed by atoms with van der Waals surface area (Å²) >= 11 is 0. The van der Waals surface area contributed by atoms with Crippen molar-refractivity contribution in [2.75, 3.05) is 13.7 Å². The number of rotatable bonds is 7. The number of benzene rings is 3. The maximum atomic E-state index is 15.0. The normalized spacial score (nSPS) is 18.5. The van der Waals surface area contributed by atoms with Crippen molar-refractivity contribution in [1.29, 1.82) is 0 Å². The number of hydrogen-bond donors (Lipinski definition) is 0. The van der Waals surface area contributed by atoms with Crippen molar-refractivity contribution in [2.24, 2.45) is 0 Å². The molecule has 0 aliphatic carbocycles. The molecular weight excluding hydrogens is 417 g/mol. The summed E-state index contributed by atoms with van der Waals surface area (Å²) in [5, 5.41) is 0.639. The fourth-order valence-electron chi connectivity index (χ4n) is 4.57. The first kappa shape index (κ1) is 21.7. The standard InChI is InChI=1S/C28H28FNO3/c1-31-22-12-10-20(11-13-22)17-30-18-24(28-25(29)8-5-9-26(28)30)27-16-23(14-15-32-27)33-19-21-6-3-2-4-7-21/h2-13,18,23,27H,14-17,19H2,1H3. The maximum Gasteiger partial charge on any atom is 0.132 e. The molecule has 0 bridgehead atoms. The van der Waals surface area contributed by atoms with Gasteiger partial charge in [-0.05, 0) is 41.8 Å². The molecule has 5 heteroatoms. The van der Waals surface area contributed by atoms with Crippen LogP contribution in [-0.2, 0) is 22.6 Å². The van der Waals surface area contributed by atoms with Gasteiger partial charge in [0.05, 0.1) is 31.4 Å². The molecule has 2 atom stereocenters. The van der Waals surface area contributed by atoms with Crippen molar-refractivity contribution < 1.29 is 18.6 Å². The van der Waals surface area contributed by atoms with Crippen LogP contribution in [0, 0.1) is 5.82 Å². The first-order valence-electron chi connectivity index (χ1n) is 11.4. The van der Waals surface area contributed by atoms with E-state index in [0.29, 0.717) is 31.6 Å². The van der Waals surface area contributed by atoms with E-state index >= 15 is 4.39 Å². The average molecular weight is 446 g/mol. The second-order valence-electron chi connectivity index (χ2n) is 8.50. The van der Waals surface area contributed by atoms with E-state index in [1.807, 2.05) is 54.7 Å². The average Bonchev–Trinajstić information content (AvgIpc) is 3.24. The monoisotopic (exact) mass is 445 g/mol. The van der Waals surface area contributed by atoms with Gasteiger partial charge in [0.2, 0.25) is 0 Å². The summed E-state index contributed by atoms with van der Waals surface area (Å²) in [5.74, 6) is 0.604. The highest BCUT2D eigenvalue weighted by molar-refractivity contribution is 5.85. The Bertz CT molecular complexity index is 1200. The van der Waals surface area contributed by atoms with Gasteiger partial charge in [-0.25, -0.2) is 4.39 Å². The van der Waals surface area contributed by atoms with Crippen LogP contribution in [0.3, 0.4) is 0 Å². The van der Waals surface area contributed by atoms with Crippen LogP contribution in [0.2, 0.25) is 0 Å². The van der Waals surface area contributed by atoms with Crippen LogP contribution in [0.1, 0.15) is 35.6 Å². The zero-order valence-corrected chi connectivity index (χ0v) is 18.7. The summed E-state index contributed by atoms with van der Waals surface area (Å²) in [4.78, 5) is 0. The molecule has 1 saturated heterocycles. The van der Waals surface area contributed by atoms with E-state index in [1.165, 1.54) is 6.07 Å². The molecule has 0 spiro atoms. The molecule has 170 valence electrons. The molecule has 1 fully saturated rings. The van der Waals surface area contributed by atoms with E-state index in [-0.39, 0.29) is 18.0 Å². The lowest BCUT2D eigenvalue weighted by Crippen LogP contribution is -2.26. The fourth-order valence-corrected chi connectivity index (χ4v) is 4.57. The van der Waals surface area contributed by atoms with Gasteiger partial charge in [-0.15, -0.1) is 0 Å². The van der Waals surface area contributed by atoms with Crippen molar-refractivity contribution in [3.63, 3.8) is 0 Å². The number of halogens is 1. The van der Waals surface area contributed by atoms with Gasteiger partial charge in [0.1, 0.15) is 11.6 Å². The zero-order valence-electron chi connectivity index (χ0n) is 18.7. The Balaban J connectivity index is 1.38. The summed E-state index contributed by atoms with van der Waals surface area (Å²) < 4.78 is 34.7. The third-order valence-corrected chi connectivity index (χ3v) is 6.31. The Labute approximate surface area is 193 Å².